The lowest BCUT2D eigenvalue weighted by Gasteiger charge is -2.08. The third-order valence-corrected chi connectivity index (χ3v) is 3.56. The monoisotopic (exact) mass is 271 g/mol. The molecule has 2 aromatic heterocycles. The van der Waals surface area contributed by atoms with Crippen molar-refractivity contribution in [1.82, 2.24) is 14.5 Å². The number of para-hydroxylation sites is 1. The first-order valence-corrected chi connectivity index (χ1v) is 6.91. The topological polar surface area (TPSA) is 55.1 Å². The zero-order valence-electron chi connectivity index (χ0n) is 11.8. The van der Waals surface area contributed by atoms with E-state index in [2.05, 4.69) is 24.1 Å². The van der Waals surface area contributed by atoms with Crippen LogP contribution in [0.3, 0.4) is 0 Å². The van der Waals surface area contributed by atoms with Gasteiger partial charge in [-0.25, -0.2) is 4.98 Å². The molecule has 20 heavy (non-hydrogen) atoms. The van der Waals surface area contributed by atoms with Crippen molar-refractivity contribution < 1.29 is 4.90 Å². The molecule has 0 bridgehead atoms. The maximum absolute atomic E-state index is 12.5. The van der Waals surface area contributed by atoms with Crippen LogP contribution in [0.25, 0.3) is 21.9 Å². The van der Waals surface area contributed by atoms with Crippen LogP contribution in [0, 0.1) is 0 Å². The average Bonchev–Trinajstić information content (AvgIpc) is 2.81. The van der Waals surface area contributed by atoms with E-state index in [9.17, 15) is 4.79 Å². The molecule has 2 heterocycles. The van der Waals surface area contributed by atoms with Crippen molar-refractivity contribution in [2.24, 2.45) is 0 Å². The van der Waals surface area contributed by atoms with Gasteiger partial charge >= 0.3 is 0 Å². The predicted molar refractivity (Wildman–Crippen MR) is 80.2 cm³/mol. The van der Waals surface area contributed by atoms with Gasteiger partial charge in [-0.3, -0.25) is 9.36 Å². The second-order valence-corrected chi connectivity index (χ2v) is 5.45. The SMILES string of the molecule is C[NH+](C)CCCn1cnc2c([nH]c3ccccc32)c1=O. The lowest BCUT2D eigenvalue weighted by atomic mass is 10.2. The maximum Gasteiger partial charge on any atom is 0.277 e. The van der Waals surface area contributed by atoms with Crippen LogP contribution in [-0.2, 0) is 6.54 Å². The van der Waals surface area contributed by atoms with Gasteiger partial charge in [-0.05, 0) is 6.07 Å². The minimum Gasteiger partial charge on any atom is -0.349 e. The van der Waals surface area contributed by atoms with Crippen molar-refractivity contribution in [1.29, 1.82) is 0 Å². The van der Waals surface area contributed by atoms with Gasteiger partial charge < -0.3 is 9.88 Å². The largest absolute Gasteiger partial charge is 0.349 e. The van der Waals surface area contributed by atoms with Gasteiger partial charge in [0.15, 0.2) is 0 Å². The summed E-state index contributed by atoms with van der Waals surface area (Å²) in [6, 6.07) is 7.87. The molecule has 1 aromatic carbocycles. The van der Waals surface area contributed by atoms with Crippen LogP contribution < -0.4 is 10.5 Å². The van der Waals surface area contributed by atoms with Gasteiger partial charge in [0.2, 0.25) is 0 Å². The molecule has 0 aliphatic heterocycles. The smallest absolute Gasteiger partial charge is 0.277 e. The Hall–Kier alpha value is -2.14. The van der Waals surface area contributed by atoms with Crippen LogP contribution in [-0.4, -0.2) is 35.2 Å². The Balaban J connectivity index is 2.02. The maximum atomic E-state index is 12.5. The lowest BCUT2D eigenvalue weighted by molar-refractivity contribution is -0.858. The first kappa shape index (κ1) is 12.9. The number of rotatable bonds is 4. The number of hydrogen-bond donors (Lipinski definition) is 2. The van der Waals surface area contributed by atoms with Gasteiger partial charge in [-0.2, -0.15) is 0 Å². The number of hydrogen-bond acceptors (Lipinski definition) is 2. The molecule has 0 amide bonds. The Labute approximate surface area is 116 Å². The molecule has 0 saturated carbocycles. The van der Waals surface area contributed by atoms with Gasteiger partial charge in [0, 0.05) is 23.9 Å². The summed E-state index contributed by atoms with van der Waals surface area (Å²) in [5, 5.41) is 1.00. The van der Waals surface area contributed by atoms with Crippen LogP contribution >= 0.6 is 0 Å². The van der Waals surface area contributed by atoms with E-state index in [4.69, 9.17) is 0 Å². The van der Waals surface area contributed by atoms with E-state index in [0.29, 0.717) is 12.1 Å². The standard InChI is InChI=1S/C15H18N4O/c1-18(2)8-5-9-19-10-16-13-11-6-3-4-7-12(11)17-14(13)15(19)20/h3-4,6-7,10,17H,5,8-9H2,1-2H3/p+1. The van der Waals surface area contributed by atoms with Crippen LogP contribution in [0.2, 0.25) is 0 Å². The van der Waals surface area contributed by atoms with Gasteiger partial charge in [-0.15, -0.1) is 0 Å². The van der Waals surface area contributed by atoms with Crippen LogP contribution in [0.1, 0.15) is 6.42 Å². The zero-order valence-corrected chi connectivity index (χ0v) is 11.8. The molecule has 0 aliphatic rings. The molecule has 0 spiro atoms. The summed E-state index contributed by atoms with van der Waals surface area (Å²) < 4.78 is 1.70. The summed E-state index contributed by atoms with van der Waals surface area (Å²) in [6.45, 7) is 1.75. The highest BCUT2D eigenvalue weighted by atomic mass is 16.1. The Morgan fingerprint density at radius 3 is 2.90 bits per heavy atom. The fourth-order valence-corrected chi connectivity index (χ4v) is 2.50. The molecule has 0 fully saturated rings. The summed E-state index contributed by atoms with van der Waals surface area (Å²) in [5.74, 6) is 0. The molecule has 3 rings (SSSR count). The highest BCUT2D eigenvalue weighted by Gasteiger charge is 2.10. The highest BCUT2D eigenvalue weighted by Crippen LogP contribution is 2.20. The molecule has 0 aliphatic carbocycles. The van der Waals surface area contributed by atoms with Crippen molar-refractivity contribution in [2.45, 2.75) is 13.0 Å². The fourth-order valence-electron chi connectivity index (χ4n) is 2.50. The number of nitrogens with one attached hydrogen (secondary N) is 2. The second kappa shape index (κ2) is 5.09. The summed E-state index contributed by atoms with van der Waals surface area (Å²) in [6.07, 6.45) is 2.63. The van der Waals surface area contributed by atoms with Gasteiger partial charge in [0.1, 0.15) is 11.0 Å². The van der Waals surface area contributed by atoms with E-state index in [0.717, 1.165) is 29.4 Å². The number of benzene rings is 1. The second-order valence-electron chi connectivity index (χ2n) is 5.45. The fraction of sp³-hybridized carbons (Fsp3) is 0.333. The third-order valence-electron chi connectivity index (χ3n) is 3.56. The van der Waals surface area contributed by atoms with E-state index in [1.165, 1.54) is 4.90 Å². The first-order valence-electron chi connectivity index (χ1n) is 6.91. The Bertz CT molecular complexity index is 800. The molecule has 0 saturated heterocycles. The molecule has 2 N–H and O–H groups in total. The van der Waals surface area contributed by atoms with Crippen LogP contribution in [0.5, 0.6) is 0 Å². The van der Waals surface area contributed by atoms with Gasteiger partial charge in [0.05, 0.1) is 27.0 Å². The predicted octanol–water partition coefficient (Wildman–Crippen LogP) is 0.412. The third kappa shape index (κ3) is 2.20. The number of H-pyrrole nitrogens is 1. The Morgan fingerprint density at radius 1 is 1.30 bits per heavy atom. The molecular weight excluding hydrogens is 252 g/mol. The Morgan fingerprint density at radius 2 is 2.10 bits per heavy atom. The zero-order chi connectivity index (χ0) is 14.1. The van der Waals surface area contributed by atoms with Gasteiger partial charge in [0.25, 0.3) is 5.56 Å². The first-order chi connectivity index (χ1) is 9.66. The normalized spacial score (nSPS) is 11.8. The summed E-state index contributed by atoms with van der Waals surface area (Å²) >= 11 is 0. The summed E-state index contributed by atoms with van der Waals surface area (Å²) in [5.41, 5.74) is 2.34. The van der Waals surface area contributed by atoms with Gasteiger partial charge in [-0.1, -0.05) is 18.2 Å². The van der Waals surface area contributed by atoms with Crippen LogP contribution in [0.4, 0.5) is 0 Å². The van der Waals surface area contributed by atoms with Crippen molar-refractivity contribution in [2.75, 3.05) is 20.6 Å². The van der Waals surface area contributed by atoms with E-state index >= 15 is 0 Å². The van der Waals surface area contributed by atoms with Crippen LogP contribution in [0.15, 0.2) is 35.4 Å². The summed E-state index contributed by atoms with van der Waals surface area (Å²) in [7, 11) is 4.23. The minimum atomic E-state index is 0.0138. The van der Waals surface area contributed by atoms with Crippen molar-refractivity contribution in [3.8, 4) is 0 Å². The highest BCUT2D eigenvalue weighted by molar-refractivity contribution is 6.04. The van der Waals surface area contributed by atoms with E-state index in [-0.39, 0.29) is 5.56 Å². The molecule has 0 atom stereocenters. The number of nitrogens with zero attached hydrogens (tertiary/aromatic N) is 2. The van der Waals surface area contributed by atoms with E-state index in [1.54, 1.807) is 10.9 Å². The molecular formula is C15H19N4O+. The number of quaternary nitrogens is 1. The van der Waals surface area contributed by atoms with E-state index in [1.807, 2.05) is 24.3 Å². The number of aromatic nitrogens is 3. The number of aryl methyl sites for hydroxylation is 1. The Kier molecular flexibility index (Phi) is 3.28. The molecule has 3 aromatic rings. The molecule has 0 unspecified atom stereocenters. The number of fused-ring (bicyclic) bond motifs is 3. The summed E-state index contributed by atoms with van der Waals surface area (Å²) in [4.78, 5) is 21.5. The van der Waals surface area contributed by atoms with Crippen molar-refractivity contribution in [3.05, 3.63) is 40.9 Å². The molecule has 0 radical (unpaired) electrons. The molecule has 5 heteroatoms. The van der Waals surface area contributed by atoms with Crippen molar-refractivity contribution in [3.63, 3.8) is 0 Å². The average molecular weight is 271 g/mol. The van der Waals surface area contributed by atoms with Crippen molar-refractivity contribution >= 4 is 21.9 Å². The molecule has 104 valence electrons. The quantitative estimate of drug-likeness (QED) is 0.722. The lowest BCUT2D eigenvalue weighted by Crippen LogP contribution is -3.05. The molecule has 5 nitrogen and oxygen atoms in total. The minimum absolute atomic E-state index is 0.0138. The van der Waals surface area contributed by atoms with E-state index < -0.39 is 0 Å². The number of aromatic amines is 1.